The maximum absolute atomic E-state index is 11.3. The number of ether oxygens (including phenoxy) is 1. The summed E-state index contributed by atoms with van der Waals surface area (Å²) >= 11 is 3.09. The third-order valence-corrected chi connectivity index (χ3v) is 7.61. The number of nitriles is 1. The van der Waals surface area contributed by atoms with E-state index in [1.165, 1.54) is 28.6 Å². The Labute approximate surface area is 204 Å². The van der Waals surface area contributed by atoms with Gasteiger partial charge in [-0.05, 0) is 80.5 Å². The van der Waals surface area contributed by atoms with Crippen LogP contribution < -0.4 is 9.46 Å². The highest BCUT2D eigenvalue weighted by molar-refractivity contribution is 8.12. The predicted molar refractivity (Wildman–Crippen MR) is 135 cm³/mol. The monoisotopic (exact) mass is 480 g/mol. The molecule has 4 rings (SSSR count). The molecule has 0 aromatic heterocycles. The molecule has 0 saturated heterocycles. The fourth-order valence-electron chi connectivity index (χ4n) is 4.19. The topological polar surface area (TPSA) is 77.7 Å². The van der Waals surface area contributed by atoms with Gasteiger partial charge in [0.25, 0.3) is 0 Å². The maximum Gasteiger partial charge on any atom is 0.140 e. The Bertz CT molecular complexity index is 1130. The first-order chi connectivity index (χ1) is 15.9. The lowest BCUT2D eigenvalue weighted by atomic mass is 10.0. The van der Waals surface area contributed by atoms with Crippen LogP contribution in [0.1, 0.15) is 67.2 Å². The highest BCUT2D eigenvalue weighted by atomic mass is 32.2. The van der Waals surface area contributed by atoms with Gasteiger partial charge >= 0.3 is 0 Å². The third kappa shape index (κ3) is 5.28. The number of carbonyl (C=O) groups is 1. The summed E-state index contributed by atoms with van der Waals surface area (Å²) in [6, 6.07) is 14.6. The average Bonchev–Trinajstić information content (AvgIpc) is 3.37. The van der Waals surface area contributed by atoms with Crippen LogP contribution in [0.2, 0.25) is 0 Å². The minimum Gasteiger partial charge on any atom is -0.490 e. The summed E-state index contributed by atoms with van der Waals surface area (Å²) in [6.07, 6.45) is 1.93. The summed E-state index contributed by atoms with van der Waals surface area (Å²) in [5.74, 6) is 1.26. The number of hydrogen-bond acceptors (Lipinski definition) is 8. The molecule has 0 bridgehead atoms. The first kappa shape index (κ1) is 23.8. The standard InChI is InChI=1S/C25H28N4O2S2/c1-15(2)31-23-11-8-17(12-18(23)13-26)25-27-24(29(4)33-25)21-7-5-6-20-19(21)9-10-22(20)28-32-14-16(3)30/h5-8,11-12,15,22,24,28H,9-10,14H2,1-4H3. The maximum atomic E-state index is 11.3. The van der Waals surface area contributed by atoms with Crippen LogP contribution >= 0.6 is 23.9 Å². The fraction of sp³-hybridized carbons (Fsp3) is 0.400. The minimum atomic E-state index is -0.0827. The number of fused-ring (bicyclic) bond motifs is 1. The number of carbonyl (C=O) groups excluding carboxylic acids is 1. The number of rotatable bonds is 8. The van der Waals surface area contributed by atoms with Gasteiger partial charge in [0.05, 0.1) is 17.4 Å². The SMILES string of the molecule is CC(=O)CSNC1CCc2c1cccc2C1N=C(c2ccc(OC(C)C)c(C#N)c2)SN1C. The Kier molecular flexibility index (Phi) is 7.45. The van der Waals surface area contributed by atoms with Gasteiger partial charge in [0, 0.05) is 18.7 Å². The van der Waals surface area contributed by atoms with Gasteiger partial charge < -0.3 is 4.74 Å². The lowest BCUT2D eigenvalue weighted by molar-refractivity contribution is -0.114. The van der Waals surface area contributed by atoms with Crippen LogP contribution in [0.5, 0.6) is 5.75 Å². The highest BCUT2D eigenvalue weighted by Crippen LogP contribution is 2.43. The quantitative estimate of drug-likeness (QED) is 0.520. The van der Waals surface area contributed by atoms with Crippen LogP contribution in [0.25, 0.3) is 0 Å². The molecule has 1 heterocycles. The van der Waals surface area contributed by atoms with Gasteiger partial charge in [-0.1, -0.05) is 30.1 Å². The van der Waals surface area contributed by atoms with Crippen molar-refractivity contribution in [1.82, 2.24) is 9.03 Å². The van der Waals surface area contributed by atoms with E-state index >= 15 is 0 Å². The van der Waals surface area contributed by atoms with E-state index in [1.807, 2.05) is 32.0 Å². The molecule has 33 heavy (non-hydrogen) atoms. The highest BCUT2D eigenvalue weighted by Gasteiger charge is 2.32. The first-order valence-electron chi connectivity index (χ1n) is 11.1. The van der Waals surface area contributed by atoms with Crippen molar-refractivity contribution in [3.05, 3.63) is 64.2 Å². The summed E-state index contributed by atoms with van der Waals surface area (Å²) in [5, 5.41) is 10.5. The molecule has 6 nitrogen and oxygen atoms in total. The van der Waals surface area contributed by atoms with Crippen molar-refractivity contribution in [1.29, 1.82) is 5.26 Å². The van der Waals surface area contributed by atoms with E-state index in [0.29, 0.717) is 17.1 Å². The van der Waals surface area contributed by atoms with Crippen LogP contribution in [0.3, 0.4) is 0 Å². The smallest absolute Gasteiger partial charge is 0.140 e. The second-order valence-corrected chi connectivity index (χ2v) is 10.5. The Balaban J connectivity index is 1.58. The molecule has 2 atom stereocenters. The van der Waals surface area contributed by atoms with Crippen molar-refractivity contribution in [2.75, 3.05) is 12.8 Å². The van der Waals surface area contributed by atoms with E-state index in [2.05, 4.69) is 40.3 Å². The van der Waals surface area contributed by atoms with Crippen LogP contribution in [-0.4, -0.2) is 34.0 Å². The largest absolute Gasteiger partial charge is 0.490 e. The molecule has 2 aliphatic rings. The molecule has 0 saturated carbocycles. The lowest BCUT2D eigenvalue weighted by Gasteiger charge is -2.20. The van der Waals surface area contributed by atoms with Gasteiger partial charge in [-0.15, -0.1) is 0 Å². The van der Waals surface area contributed by atoms with E-state index in [1.54, 1.807) is 18.9 Å². The van der Waals surface area contributed by atoms with Crippen molar-refractivity contribution in [3.8, 4) is 11.8 Å². The van der Waals surface area contributed by atoms with Crippen molar-refractivity contribution in [2.24, 2.45) is 4.99 Å². The van der Waals surface area contributed by atoms with Gasteiger partial charge in [-0.25, -0.2) is 4.31 Å². The van der Waals surface area contributed by atoms with Gasteiger partial charge in [0.15, 0.2) is 0 Å². The van der Waals surface area contributed by atoms with Gasteiger partial charge in [-0.2, -0.15) is 5.26 Å². The number of hydrogen-bond donors (Lipinski definition) is 1. The van der Waals surface area contributed by atoms with E-state index < -0.39 is 0 Å². The van der Waals surface area contributed by atoms with Crippen molar-refractivity contribution >= 4 is 34.7 Å². The lowest BCUT2D eigenvalue weighted by Crippen LogP contribution is -2.15. The summed E-state index contributed by atoms with van der Waals surface area (Å²) in [5.41, 5.74) is 5.31. The fourth-order valence-corrected chi connectivity index (χ4v) is 5.84. The van der Waals surface area contributed by atoms with Gasteiger partial charge in [0.2, 0.25) is 0 Å². The molecule has 1 aliphatic heterocycles. The Morgan fingerprint density at radius 1 is 1.36 bits per heavy atom. The second kappa shape index (κ2) is 10.3. The van der Waals surface area contributed by atoms with E-state index in [4.69, 9.17) is 9.73 Å². The molecular weight excluding hydrogens is 452 g/mol. The molecule has 0 amide bonds. The average molecular weight is 481 g/mol. The molecule has 0 radical (unpaired) electrons. The van der Waals surface area contributed by atoms with Crippen LogP contribution in [0.4, 0.5) is 0 Å². The minimum absolute atomic E-state index is 0.0102. The Morgan fingerprint density at radius 3 is 2.88 bits per heavy atom. The number of nitrogens with one attached hydrogen (secondary N) is 1. The van der Waals surface area contributed by atoms with Crippen LogP contribution in [0.15, 0.2) is 41.4 Å². The third-order valence-electron chi connectivity index (χ3n) is 5.61. The second-order valence-electron chi connectivity index (χ2n) is 8.55. The zero-order chi connectivity index (χ0) is 23.5. The normalized spacial score (nSPS) is 19.9. The Morgan fingerprint density at radius 2 is 2.15 bits per heavy atom. The summed E-state index contributed by atoms with van der Waals surface area (Å²) in [7, 11) is 2.06. The Hall–Kier alpha value is -2.31. The van der Waals surface area contributed by atoms with Crippen molar-refractivity contribution in [3.63, 3.8) is 0 Å². The summed E-state index contributed by atoms with van der Waals surface area (Å²) in [4.78, 5) is 16.3. The molecular formula is C25H28N4O2S2. The molecule has 2 unspecified atom stereocenters. The van der Waals surface area contributed by atoms with Crippen molar-refractivity contribution < 1.29 is 9.53 Å². The number of benzene rings is 2. The number of aliphatic imine (C=N–C) groups is 1. The van der Waals surface area contributed by atoms with Crippen LogP contribution in [-0.2, 0) is 11.2 Å². The van der Waals surface area contributed by atoms with Crippen LogP contribution in [0, 0.1) is 11.3 Å². The molecule has 0 spiro atoms. The number of nitrogens with zero attached hydrogens (tertiary/aromatic N) is 3. The molecule has 2 aromatic carbocycles. The van der Waals surface area contributed by atoms with E-state index in [9.17, 15) is 10.1 Å². The molecule has 1 N–H and O–H groups in total. The summed E-state index contributed by atoms with van der Waals surface area (Å²) < 4.78 is 11.4. The predicted octanol–water partition coefficient (Wildman–Crippen LogP) is 5.20. The number of Topliss-reactive ketones (excluding diaryl/α,β-unsaturated/α-hetero) is 1. The number of ketones is 1. The molecule has 2 aromatic rings. The van der Waals surface area contributed by atoms with Gasteiger partial charge in [-0.3, -0.25) is 14.5 Å². The molecule has 0 fully saturated rings. The first-order valence-corrected chi connectivity index (χ1v) is 12.8. The van der Waals surface area contributed by atoms with E-state index in [-0.39, 0.29) is 24.1 Å². The van der Waals surface area contributed by atoms with E-state index in [0.717, 1.165) is 23.4 Å². The van der Waals surface area contributed by atoms with Gasteiger partial charge in [0.1, 0.15) is 28.8 Å². The molecule has 1 aliphatic carbocycles. The molecule has 8 heteroatoms. The van der Waals surface area contributed by atoms with Crippen molar-refractivity contribution in [2.45, 2.75) is 51.9 Å². The summed E-state index contributed by atoms with van der Waals surface area (Å²) in [6.45, 7) is 5.51. The molecule has 172 valence electrons. The zero-order valence-electron chi connectivity index (χ0n) is 19.3. The zero-order valence-corrected chi connectivity index (χ0v) is 20.9.